The van der Waals surface area contributed by atoms with Gasteiger partial charge in [-0.2, -0.15) is 5.26 Å². The second-order valence-electron chi connectivity index (χ2n) is 8.07. The van der Waals surface area contributed by atoms with Crippen molar-refractivity contribution in [1.29, 1.82) is 5.26 Å². The Morgan fingerprint density at radius 3 is 2.00 bits per heavy atom. The fourth-order valence-electron chi connectivity index (χ4n) is 3.62. The molecule has 1 aromatic heterocycles. The molecule has 1 aromatic rings. The average molecular weight is 401 g/mol. The molecule has 0 bridgehead atoms. The van der Waals surface area contributed by atoms with Gasteiger partial charge in [-0.3, -0.25) is 9.36 Å². The summed E-state index contributed by atoms with van der Waals surface area (Å²) in [6.07, 6.45) is 22.0. The van der Waals surface area contributed by atoms with Gasteiger partial charge in [0, 0.05) is 12.6 Å². The van der Waals surface area contributed by atoms with Crippen LogP contribution in [0.4, 0.5) is 0 Å². The number of hydrogen-bond donors (Lipinski definition) is 1. The van der Waals surface area contributed by atoms with Gasteiger partial charge in [-0.05, 0) is 44.6 Å². The minimum absolute atomic E-state index is 0.190. The van der Waals surface area contributed by atoms with Crippen LogP contribution in [0, 0.1) is 18.3 Å². The van der Waals surface area contributed by atoms with Crippen LogP contribution >= 0.6 is 0 Å². The number of rotatable bonds is 16. The molecule has 0 unspecified atom stereocenters. The van der Waals surface area contributed by atoms with Crippen molar-refractivity contribution in [3.63, 3.8) is 0 Å². The highest BCUT2D eigenvalue weighted by Crippen LogP contribution is 2.18. The van der Waals surface area contributed by atoms with Crippen molar-refractivity contribution in [3.8, 4) is 11.9 Å². The molecule has 0 aromatic carbocycles. The van der Waals surface area contributed by atoms with Gasteiger partial charge in [0.1, 0.15) is 11.6 Å². The second-order valence-corrected chi connectivity index (χ2v) is 8.07. The summed E-state index contributed by atoms with van der Waals surface area (Å²) >= 11 is 0. The first kappa shape index (κ1) is 25.0. The van der Waals surface area contributed by atoms with Gasteiger partial charge in [-0.25, -0.2) is 0 Å². The third-order valence-electron chi connectivity index (χ3n) is 5.48. The van der Waals surface area contributed by atoms with Crippen LogP contribution in [-0.2, 0) is 6.54 Å². The van der Waals surface area contributed by atoms with Crippen LogP contribution in [0.1, 0.15) is 108 Å². The predicted octanol–water partition coefficient (Wildman–Crippen LogP) is 6.77. The summed E-state index contributed by atoms with van der Waals surface area (Å²) in [5, 5.41) is 19.2. The molecule has 4 nitrogen and oxygen atoms in total. The molecule has 0 amide bonds. The molecule has 0 saturated carbocycles. The van der Waals surface area contributed by atoms with Crippen molar-refractivity contribution in [3.05, 3.63) is 39.7 Å². The van der Waals surface area contributed by atoms with E-state index in [4.69, 9.17) is 5.26 Å². The minimum Gasteiger partial charge on any atom is -0.493 e. The Morgan fingerprint density at radius 1 is 0.931 bits per heavy atom. The first-order valence-corrected chi connectivity index (χ1v) is 11.6. The lowest BCUT2D eigenvalue weighted by Crippen LogP contribution is -2.20. The zero-order valence-electron chi connectivity index (χ0n) is 18.6. The van der Waals surface area contributed by atoms with E-state index in [0.29, 0.717) is 12.1 Å². The van der Waals surface area contributed by atoms with Crippen LogP contribution in [0.25, 0.3) is 0 Å². The Bertz CT molecular complexity index is 698. The summed E-state index contributed by atoms with van der Waals surface area (Å²) in [5.41, 5.74) is 0.508. The fourth-order valence-corrected chi connectivity index (χ4v) is 3.62. The molecule has 4 heteroatoms. The highest BCUT2D eigenvalue weighted by atomic mass is 16.3. The van der Waals surface area contributed by atoms with E-state index in [1.807, 2.05) is 6.07 Å². The maximum Gasteiger partial charge on any atom is 0.253 e. The standard InChI is InChI=1S/C25H40N2O2/c1-3-4-5-6-7-8-9-10-11-12-13-14-15-16-17-18-19-27-24(28)20-22(2)23(21-26)25(27)29/h10-11,20,29H,3-9,12-19H2,1-2H3. The summed E-state index contributed by atoms with van der Waals surface area (Å²) < 4.78 is 1.32. The molecule has 1 rings (SSSR count). The molecule has 162 valence electrons. The maximum absolute atomic E-state index is 12.0. The molecule has 0 aliphatic rings. The third kappa shape index (κ3) is 10.4. The molecular formula is C25H40N2O2. The van der Waals surface area contributed by atoms with E-state index in [1.165, 1.54) is 81.3 Å². The number of nitriles is 1. The Labute approximate surface area is 177 Å². The molecule has 0 aliphatic heterocycles. The summed E-state index contributed by atoms with van der Waals surface area (Å²) in [7, 11) is 0. The van der Waals surface area contributed by atoms with Gasteiger partial charge >= 0.3 is 0 Å². The van der Waals surface area contributed by atoms with Crippen molar-refractivity contribution in [1.82, 2.24) is 4.57 Å². The lowest BCUT2D eigenvalue weighted by molar-refractivity contribution is 0.396. The van der Waals surface area contributed by atoms with Gasteiger partial charge in [-0.15, -0.1) is 0 Å². The van der Waals surface area contributed by atoms with Crippen LogP contribution in [0.5, 0.6) is 5.88 Å². The molecule has 0 radical (unpaired) electrons. The zero-order chi connectivity index (χ0) is 21.3. The molecule has 0 saturated heterocycles. The van der Waals surface area contributed by atoms with E-state index in [2.05, 4.69) is 19.1 Å². The summed E-state index contributed by atoms with van der Waals surface area (Å²) in [5.74, 6) is -0.190. The normalized spacial score (nSPS) is 11.2. The van der Waals surface area contributed by atoms with E-state index >= 15 is 0 Å². The van der Waals surface area contributed by atoms with Crippen molar-refractivity contribution in [2.75, 3.05) is 0 Å². The van der Waals surface area contributed by atoms with E-state index < -0.39 is 0 Å². The monoisotopic (exact) mass is 400 g/mol. The second kappa shape index (κ2) is 15.9. The number of aromatic hydroxyl groups is 1. The molecule has 0 fully saturated rings. The Balaban J connectivity index is 2.04. The van der Waals surface area contributed by atoms with Gasteiger partial charge in [0.15, 0.2) is 0 Å². The highest BCUT2D eigenvalue weighted by Gasteiger charge is 2.11. The summed E-state index contributed by atoms with van der Waals surface area (Å²) in [6.45, 7) is 4.41. The van der Waals surface area contributed by atoms with Crippen LogP contribution in [0.2, 0.25) is 0 Å². The van der Waals surface area contributed by atoms with Crippen molar-refractivity contribution >= 4 is 0 Å². The molecule has 0 atom stereocenters. The smallest absolute Gasteiger partial charge is 0.253 e. The molecule has 29 heavy (non-hydrogen) atoms. The van der Waals surface area contributed by atoms with Crippen LogP contribution < -0.4 is 5.56 Å². The van der Waals surface area contributed by atoms with Crippen LogP contribution in [0.3, 0.4) is 0 Å². The van der Waals surface area contributed by atoms with Crippen molar-refractivity contribution < 1.29 is 5.11 Å². The number of unbranched alkanes of at least 4 members (excludes halogenated alkanes) is 12. The van der Waals surface area contributed by atoms with E-state index in [-0.39, 0.29) is 17.0 Å². The van der Waals surface area contributed by atoms with Crippen molar-refractivity contribution in [2.45, 2.75) is 110 Å². The third-order valence-corrected chi connectivity index (χ3v) is 5.48. The molecular weight excluding hydrogens is 360 g/mol. The first-order chi connectivity index (χ1) is 14.1. The largest absolute Gasteiger partial charge is 0.493 e. The maximum atomic E-state index is 12.0. The molecule has 0 aliphatic carbocycles. The zero-order valence-corrected chi connectivity index (χ0v) is 18.6. The number of aryl methyl sites for hydroxylation is 1. The Hall–Kier alpha value is -2.02. The number of hydrogen-bond acceptors (Lipinski definition) is 3. The van der Waals surface area contributed by atoms with Crippen LogP contribution in [0.15, 0.2) is 23.0 Å². The van der Waals surface area contributed by atoms with Gasteiger partial charge < -0.3 is 5.11 Å². The lowest BCUT2D eigenvalue weighted by Gasteiger charge is -2.10. The molecule has 1 N–H and O–H groups in total. The average Bonchev–Trinajstić information content (AvgIpc) is 2.70. The first-order valence-electron chi connectivity index (χ1n) is 11.6. The molecule has 1 heterocycles. The number of nitrogens with zero attached hydrogens (tertiary/aromatic N) is 2. The van der Waals surface area contributed by atoms with Gasteiger partial charge in [0.2, 0.25) is 5.88 Å². The number of aromatic nitrogens is 1. The number of pyridine rings is 1. The van der Waals surface area contributed by atoms with Gasteiger partial charge in [0.05, 0.1) is 0 Å². The van der Waals surface area contributed by atoms with E-state index in [9.17, 15) is 9.90 Å². The Kier molecular flexibility index (Phi) is 13.7. The SMILES string of the molecule is CCCCCCCCC=CCCCCCCCCn1c(O)c(C#N)c(C)cc1=O. The summed E-state index contributed by atoms with van der Waals surface area (Å²) in [4.78, 5) is 12.0. The van der Waals surface area contributed by atoms with E-state index in [0.717, 1.165) is 19.3 Å². The van der Waals surface area contributed by atoms with Crippen molar-refractivity contribution in [2.24, 2.45) is 0 Å². The predicted molar refractivity (Wildman–Crippen MR) is 121 cm³/mol. The Morgan fingerprint density at radius 2 is 1.45 bits per heavy atom. The van der Waals surface area contributed by atoms with Crippen LogP contribution in [-0.4, -0.2) is 9.67 Å². The fraction of sp³-hybridized carbons (Fsp3) is 0.680. The van der Waals surface area contributed by atoms with Gasteiger partial charge in [0.25, 0.3) is 5.56 Å². The highest BCUT2D eigenvalue weighted by molar-refractivity contribution is 5.43. The minimum atomic E-state index is -0.230. The lowest BCUT2D eigenvalue weighted by atomic mass is 10.1. The quantitative estimate of drug-likeness (QED) is 0.246. The topological polar surface area (TPSA) is 66.0 Å². The van der Waals surface area contributed by atoms with E-state index in [1.54, 1.807) is 6.92 Å². The van der Waals surface area contributed by atoms with Gasteiger partial charge in [-0.1, -0.05) is 76.9 Å². The number of allylic oxidation sites excluding steroid dienone is 2. The molecule has 0 spiro atoms. The summed E-state index contributed by atoms with van der Waals surface area (Å²) in [6, 6.07) is 3.40.